The van der Waals surface area contributed by atoms with Gasteiger partial charge >= 0.3 is 233 Å². The van der Waals surface area contributed by atoms with Gasteiger partial charge in [-0.05, 0) is 0 Å². The number of rotatable bonds is 10. The average Bonchev–Trinajstić information content (AvgIpc) is 2.98. The summed E-state index contributed by atoms with van der Waals surface area (Å²) < 4.78 is 5.01. The van der Waals surface area contributed by atoms with Crippen LogP contribution in [0.2, 0.25) is 0 Å². The van der Waals surface area contributed by atoms with E-state index in [1.807, 2.05) is 60.7 Å². The molecule has 4 aromatic carbocycles. The molecule has 0 N–H and O–H groups in total. The van der Waals surface area contributed by atoms with Gasteiger partial charge in [-0.15, -0.1) is 0 Å². The van der Waals surface area contributed by atoms with Gasteiger partial charge in [0.25, 0.3) is 0 Å². The summed E-state index contributed by atoms with van der Waals surface area (Å²) in [5.74, 6) is -0.520. The summed E-state index contributed by atoms with van der Waals surface area (Å²) in [6.45, 7) is 2.04. The fraction of sp³-hybridized carbons (Fsp3) is 0.0938. The van der Waals surface area contributed by atoms with E-state index in [9.17, 15) is 4.79 Å². The molecule has 0 aromatic heterocycles. The van der Waals surface area contributed by atoms with Crippen LogP contribution in [0.1, 0.15) is 12.5 Å². The van der Waals surface area contributed by atoms with Gasteiger partial charge in [-0.1, -0.05) is 0 Å². The van der Waals surface area contributed by atoms with Gasteiger partial charge in [-0.25, -0.2) is 0 Å². The summed E-state index contributed by atoms with van der Waals surface area (Å²) in [7, 11) is 0. The van der Waals surface area contributed by atoms with Crippen molar-refractivity contribution in [2.24, 2.45) is 10.2 Å². The maximum absolute atomic E-state index is 12.0. The number of benzene rings is 4. The van der Waals surface area contributed by atoms with Crippen molar-refractivity contribution in [3.63, 3.8) is 0 Å². The number of carbonyl (C=O) groups is 1. The molecule has 0 fully saturated rings. The Bertz CT molecular complexity index is 1320. The second-order valence-electron chi connectivity index (χ2n) is 8.68. The Balaban J connectivity index is 1.94. The second kappa shape index (κ2) is 12.7. The minimum absolute atomic E-state index is 0.281. The Morgan fingerprint density at radius 2 is 1.21 bits per heavy atom. The third-order valence-electron chi connectivity index (χ3n) is 6.25. The molecule has 0 aliphatic heterocycles. The SMILES string of the molecule is CCOC(=O)\C=N/N=C(/C=C\c1ccccc1)CP(Br)(c1ccccc1)(c1ccccc1)c1ccccc1. The van der Waals surface area contributed by atoms with Crippen LogP contribution in [0.3, 0.4) is 0 Å². The van der Waals surface area contributed by atoms with Gasteiger partial charge in [0.15, 0.2) is 0 Å². The molecule has 0 heterocycles. The standard InChI is InChI=1S/C32H30BrN2O2P/c1-2-37-32(36)25-34-35-28(24-23-27-15-7-3-8-16-27)26-38(33,29-17-9-4-10-18-29,30-19-11-5-12-20-30)31-21-13-6-14-22-31/h3-25H,2,26H2,1H3/b24-23-,34-25-,35-28-. The fourth-order valence-electron chi connectivity index (χ4n) is 4.45. The fourth-order valence-corrected chi connectivity index (χ4v) is 11.9. The molecular formula is C32H30BrN2O2P. The van der Waals surface area contributed by atoms with Gasteiger partial charge in [0.1, 0.15) is 0 Å². The van der Waals surface area contributed by atoms with Crippen molar-refractivity contribution < 1.29 is 9.53 Å². The quantitative estimate of drug-likeness (QED) is 0.0920. The van der Waals surface area contributed by atoms with Crippen molar-refractivity contribution in [1.82, 2.24) is 0 Å². The molecule has 4 rings (SSSR count). The second-order valence-corrected chi connectivity index (χ2v) is 17.6. The van der Waals surface area contributed by atoms with Crippen LogP contribution in [0.5, 0.6) is 0 Å². The van der Waals surface area contributed by atoms with E-state index >= 15 is 0 Å². The van der Waals surface area contributed by atoms with Gasteiger partial charge in [0, 0.05) is 0 Å². The predicted octanol–water partition coefficient (Wildman–Crippen LogP) is 6.53. The van der Waals surface area contributed by atoms with Crippen LogP contribution < -0.4 is 15.9 Å². The van der Waals surface area contributed by atoms with Crippen molar-refractivity contribution in [3.05, 3.63) is 133 Å². The van der Waals surface area contributed by atoms with E-state index in [-0.39, 0.29) is 6.61 Å². The molecule has 0 aliphatic carbocycles. The van der Waals surface area contributed by atoms with Gasteiger partial charge in [0.05, 0.1) is 0 Å². The van der Waals surface area contributed by atoms with E-state index in [1.165, 1.54) is 15.9 Å². The summed E-state index contributed by atoms with van der Waals surface area (Å²) >= 11 is 4.46. The van der Waals surface area contributed by atoms with Crippen molar-refractivity contribution in [2.45, 2.75) is 6.92 Å². The Hall–Kier alpha value is -3.66. The van der Waals surface area contributed by atoms with Crippen LogP contribution in [0.4, 0.5) is 0 Å². The van der Waals surface area contributed by atoms with E-state index in [0.29, 0.717) is 6.16 Å². The molecule has 6 heteroatoms. The van der Waals surface area contributed by atoms with E-state index in [1.54, 1.807) is 6.92 Å². The Morgan fingerprint density at radius 1 is 0.763 bits per heavy atom. The van der Waals surface area contributed by atoms with Crippen LogP contribution in [0.25, 0.3) is 6.08 Å². The molecule has 0 saturated heterocycles. The number of esters is 1. The molecule has 0 atom stereocenters. The summed E-state index contributed by atoms with van der Waals surface area (Å²) in [5.41, 5.74) is 1.77. The molecule has 192 valence electrons. The Morgan fingerprint density at radius 3 is 1.66 bits per heavy atom. The molecule has 0 unspecified atom stereocenters. The zero-order valence-electron chi connectivity index (χ0n) is 21.2. The number of ether oxygens (including phenoxy) is 1. The molecule has 0 saturated carbocycles. The topological polar surface area (TPSA) is 51.0 Å². The number of halogens is 1. The number of nitrogens with zero attached hydrogens (tertiary/aromatic N) is 2. The first-order valence-electron chi connectivity index (χ1n) is 12.4. The number of hydrogen-bond donors (Lipinski definition) is 0. The third-order valence-corrected chi connectivity index (χ3v) is 15.7. The van der Waals surface area contributed by atoms with Crippen molar-refractivity contribution in [1.29, 1.82) is 0 Å². The zero-order chi connectivity index (χ0) is 26.7. The zero-order valence-corrected chi connectivity index (χ0v) is 23.7. The van der Waals surface area contributed by atoms with Gasteiger partial charge in [-0.2, -0.15) is 0 Å². The number of carbonyl (C=O) groups excluding carboxylic acids is 1. The van der Waals surface area contributed by atoms with Gasteiger partial charge in [0.2, 0.25) is 0 Å². The number of hydrogen-bond acceptors (Lipinski definition) is 4. The molecule has 0 radical (unpaired) electrons. The molecule has 4 nitrogen and oxygen atoms in total. The van der Waals surface area contributed by atoms with Crippen LogP contribution in [-0.4, -0.2) is 30.7 Å². The van der Waals surface area contributed by atoms with Crippen LogP contribution in [0, 0.1) is 0 Å². The first-order valence-corrected chi connectivity index (χ1v) is 16.9. The van der Waals surface area contributed by atoms with E-state index in [0.717, 1.165) is 17.5 Å². The Kier molecular flexibility index (Phi) is 9.17. The van der Waals surface area contributed by atoms with E-state index in [4.69, 9.17) is 4.74 Å². The normalized spacial score (nSPS) is 13.3. The predicted molar refractivity (Wildman–Crippen MR) is 167 cm³/mol. The molecule has 0 aliphatic rings. The van der Waals surface area contributed by atoms with Crippen molar-refractivity contribution >= 4 is 60.7 Å². The summed E-state index contributed by atoms with van der Waals surface area (Å²) in [6.07, 6.45) is 5.66. The maximum atomic E-state index is 12.0. The Labute approximate surface area is 232 Å². The summed E-state index contributed by atoms with van der Waals surface area (Å²) in [5, 5.41) is 8.92. The monoisotopic (exact) mass is 584 g/mol. The van der Waals surface area contributed by atoms with Crippen LogP contribution in [-0.2, 0) is 9.53 Å². The minimum atomic E-state index is -3.30. The molecule has 0 bridgehead atoms. The van der Waals surface area contributed by atoms with Crippen LogP contribution >= 0.6 is 20.8 Å². The van der Waals surface area contributed by atoms with Crippen molar-refractivity contribution in [2.75, 3.05) is 12.8 Å². The molecule has 4 aromatic rings. The summed E-state index contributed by atoms with van der Waals surface area (Å²) in [6, 6.07) is 41.6. The first kappa shape index (κ1) is 27.4. The third kappa shape index (κ3) is 6.07. The average molecular weight is 585 g/mol. The van der Waals surface area contributed by atoms with E-state index in [2.05, 4.69) is 98.5 Å². The molecule has 0 amide bonds. The van der Waals surface area contributed by atoms with Gasteiger partial charge < -0.3 is 0 Å². The first-order chi connectivity index (χ1) is 18.5. The van der Waals surface area contributed by atoms with Crippen LogP contribution in [0.15, 0.2) is 138 Å². The molecule has 0 spiro atoms. The van der Waals surface area contributed by atoms with E-state index < -0.39 is 11.3 Å². The number of allylic oxidation sites excluding steroid dienone is 1. The van der Waals surface area contributed by atoms with Gasteiger partial charge in [-0.3, -0.25) is 0 Å². The van der Waals surface area contributed by atoms with Crippen molar-refractivity contribution in [3.8, 4) is 0 Å². The molecule has 38 heavy (non-hydrogen) atoms. The summed E-state index contributed by atoms with van der Waals surface area (Å²) in [4.78, 5) is 12.0. The molecular weight excluding hydrogens is 555 g/mol.